The van der Waals surface area contributed by atoms with Gasteiger partial charge in [-0.05, 0) is 35.3 Å². The summed E-state index contributed by atoms with van der Waals surface area (Å²) in [5.74, 6) is 0. The molecular formula is C15H21N3OS. The Labute approximate surface area is 124 Å². The molecule has 0 bridgehead atoms. The SMILES string of the molecule is CC(C)(C)c1ccc(NCC(O)c2c[nH]c(=S)[nH]2)cc1. The van der Waals surface area contributed by atoms with Crippen molar-refractivity contribution in [2.45, 2.75) is 32.3 Å². The zero-order valence-corrected chi connectivity index (χ0v) is 12.8. The number of aliphatic hydroxyl groups is 1. The summed E-state index contributed by atoms with van der Waals surface area (Å²) in [5, 5.41) is 13.2. The third-order valence-corrected chi connectivity index (χ3v) is 3.45. The van der Waals surface area contributed by atoms with Crippen molar-refractivity contribution in [3.05, 3.63) is 46.5 Å². The third-order valence-electron chi connectivity index (χ3n) is 3.23. The van der Waals surface area contributed by atoms with Gasteiger partial charge >= 0.3 is 0 Å². The fraction of sp³-hybridized carbons (Fsp3) is 0.400. The van der Waals surface area contributed by atoms with E-state index in [1.165, 1.54) is 5.56 Å². The van der Waals surface area contributed by atoms with Crippen molar-refractivity contribution in [1.82, 2.24) is 9.97 Å². The first-order chi connectivity index (χ1) is 9.36. The van der Waals surface area contributed by atoms with Crippen molar-refractivity contribution in [3.8, 4) is 0 Å². The van der Waals surface area contributed by atoms with Gasteiger partial charge < -0.3 is 20.4 Å². The van der Waals surface area contributed by atoms with Gasteiger partial charge in [0.1, 0.15) is 6.10 Å². The molecule has 0 aliphatic rings. The second-order valence-electron chi connectivity index (χ2n) is 5.92. The molecule has 108 valence electrons. The molecule has 0 radical (unpaired) electrons. The van der Waals surface area contributed by atoms with Gasteiger partial charge in [-0.3, -0.25) is 0 Å². The van der Waals surface area contributed by atoms with Crippen LogP contribution in [-0.2, 0) is 5.41 Å². The number of anilines is 1. The van der Waals surface area contributed by atoms with Gasteiger partial charge in [-0.2, -0.15) is 0 Å². The van der Waals surface area contributed by atoms with Crippen molar-refractivity contribution >= 4 is 17.9 Å². The van der Waals surface area contributed by atoms with E-state index in [1.54, 1.807) is 6.20 Å². The third kappa shape index (κ3) is 3.71. The van der Waals surface area contributed by atoms with Crippen LogP contribution in [0.1, 0.15) is 38.1 Å². The summed E-state index contributed by atoms with van der Waals surface area (Å²) in [5.41, 5.74) is 3.12. The number of benzene rings is 1. The quantitative estimate of drug-likeness (QED) is 0.652. The summed E-state index contributed by atoms with van der Waals surface area (Å²) in [6.07, 6.45) is 1.07. The number of hydrogen-bond donors (Lipinski definition) is 4. The molecule has 0 fully saturated rings. The second kappa shape index (κ2) is 5.81. The number of hydrogen-bond acceptors (Lipinski definition) is 3. The summed E-state index contributed by atoms with van der Waals surface area (Å²) < 4.78 is 0.522. The van der Waals surface area contributed by atoms with Gasteiger partial charge in [0.15, 0.2) is 4.77 Å². The maximum Gasteiger partial charge on any atom is 0.174 e. The predicted octanol–water partition coefficient (Wildman–Crippen LogP) is 3.52. The number of aromatic nitrogens is 2. The minimum absolute atomic E-state index is 0.151. The molecule has 4 nitrogen and oxygen atoms in total. The minimum Gasteiger partial charge on any atom is -0.385 e. The van der Waals surface area contributed by atoms with Crippen LogP contribution in [0.15, 0.2) is 30.5 Å². The van der Waals surface area contributed by atoms with Crippen LogP contribution in [0.2, 0.25) is 0 Å². The monoisotopic (exact) mass is 291 g/mol. The highest BCUT2D eigenvalue weighted by Gasteiger charge is 2.13. The average Bonchev–Trinajstić information content (AvgIpc) is 2.82. The van der Waals surface area contributed by atoms with Crippen LogP contribution in [0.5, 0.6) is 0 Å². The summed E-state index contributed by atoms with van der Waals surface area (Å²) in [6, 6.07) is 8.29. The second-order valence-corrected chi connectivity index (χ2v) is 6.33. The zero-order valence-electron chi connectivity index (χ0n) is 12.0. The molecule has 4 N–H and O–H groups in total. The van der Waals surface area contributed by atoms with Crippen LogP contribution < -0.4 is 5.32 Å². The number of aromatic amines is 2. The Bertz CT molecular complexity index is 607. The van der Waals surface area contributed by atoms with E-state index >= 15 is 0 Å². The van der Waals surface area contributed by atoms with Gasteiger partial charge in [0.2, 0.25) is 0 Å². The van der Waals surface area contributed by atoms with Gasteiger partial charge in [0.25, 0.3) is 0 Å². The van der Waals surface area contributed by atoms with E-state index in [4.69, 9.17) is 12.2 Å². The van der Waals surface area contributed by atoms with Gasteiger partial charge in [-0.25, -0.2) is 0 Å². The highest BCUT2D eigenvalue weighted by atomic mass is 32.1. The van der Waals surface area contributed by atoms with E-state index in [0.29, 0.717) is 17.0 Å². The number of rotatable bonds is 4. The maximum absolute atomic E-state index is 10.0. The molecule has 2 aromatic rings. The molecule has 1 atom stereocenters. The molecule has 1 unspecified atom stereocenters. The summed E-state index contributed by atoms with van der Waals surface area (Å²) in [7, 11) is 0. The molecular weight excluding hydrogens is 270 g/mol. The fourth-order valence-corrected chi connectivity index (χ4v) is 2.12. The van der Waals surface area contributed by atoms with Crippen LogP contribution in [-0.4, -0.2) is 21.6 Å². The van der Waals surface area contributed by atoms with E-state index in [1.807, 2.05) is 12.1 Å². The van der Waals surface area contributed by atoms with Crippen LogP contribution in [0.25, 0.3) is 0 Å². The molecule has 2 rings (SSSR count). The number of imidazole rings is 1. The molecule has 1 aromatic carbocycles. The highest BCUT2D eigenvalue weighted by Crippen LogP contribution is 2.23. The van der Waals surface area contributed by atoms with Gasteiger partial charge in [0, 0.05) is 18.4 Å². The lowest BCUT2D eigenvalue weighted by atomic mass is 9.87. The van der Waals surface area contributed by atoms with Crippen molar-refractivity contribution in [2.75, 3.05) is 11.9 Å². The van der Waals surface area contributed by atoms with Gasteiger partial charge in [-0.1, -0.05) is 32.9 Å². The van der Waals surface area contributed by atoms with Crippen molar-refractivity contribution in [2.24, 2.45) is 0 Å². The number of H-pyrrole nitrogens is 2. The van der Waals surface area contributed by atoms with E-state index in [0.717, 1.165) is 5.69 Å². The average molecular weight is 291 g/mol. The lowest BCUT2D eigenvalue weighted by Gasteiger charge is -2.19. The summed E-state index contributed by atoms with van der Waals surface area (Å²) in [6.45, 7) is 6.99. The van der Waals surface area contributed by atoms with Crippen molar-refractivity contribution in [3.63, 3.8) is 0 Å². The van der Waals surface area contributed by atoms with Crippen LogP contribution >= 0.6 is 12.2 Å². The Morgan fingerprint density at radius 3 is 2.40 bits per heavy atom. The Morgan fingerprint density at radius 2 is 1.90 bits per heavy atom. The zero-order chi connectivity index (χ0) is 14.8. The van der Waals surface area contributed by atoms with E-state index in [9.17, 15) is 5.11 Å². The highest BCUT2D eigenvalue weighted by molar-refractivity contribution is 7.71. The largest absolute Gasteiger partial charge is 0.385 e. The summed E-state index contributed by atoms with van der Waals surface area (Å²) >= 11 is 4.94. The molecule has 0 aliphatic heterocycles. The number of aliphatic hydroxyl groups excluding tert-OH is 1. The molecule has 1 heterocycles. The molecule has 5 heteroatoms. The van der Waals surface area contributed by atoms with Crippen molar-refractivity contribution in [1.29, 1.82) is 0 Å². The van der Waals surface area contributed by atoms with Crippen LogP contribution in [0, 0.1) is 4.77 Å². The molecule has 0 saturated carbocycles. The molecule has 20 heavy (non-hydrogen) atoms. The van der Waals surface area contributed by atoms with Crippen LogP contribution in [0.4, 0.5) is 5.69 Å². The minimum atomic E-state index is -0.620. The first-order valence-electron chi connectivity index (χ1n) is 6.66. The first-order valence-corrected chi connectivity index (χ1v) is 7.07. The van der Waals surface area contributed by atoms with E-state index in [-0.39, 0.29) is 5.41 Å². The molecule has 0 spiro atoms. The molecule has 0 aliphatic carbocycles. The predicted molar refractivity (Wildman–Crippen MR) is 84.6 cm³/mol. The Balaban J connectivity index is 1.96. The van der Waals surface area contributed by atoms with Crippen molar-refractivity contribution < 1.29 is 5.11 Å². The van der Waals surface area contributed by atoms with E-state index < -0.39 is 6.10 Å². The topological polar surface area (TPSA) is 63.8 Å². The standard InChI is InChI=1S/C15H21N3OS/c1-15(2,3)10-4-6-11(7-5-10)16-9-13(19)12-8-17-14(20)18-12/h4-8,13,16,19H,9H2,1-3H3,(H2,17,18,20). The lowest BCUT2D eigenvalue weighted by molar-refractivity contribution is 0.187. The Morgan fingerprint density at radius 1 is 1.25 bits per heavy atom. The first kappa shape index (κ1) is 14.8. The van der Waals surface area contributed by atoms with Gasteiger partial charge in [-0.15, -0.1) is 0 Å². The normalized spacial score (nSPS) is 13.2. The lowest BCUT2D eigenvalue weighted by Crippen LogP contribution is -2.13. The van der Waals surface area contributed by atoms with Crippen LogP contribution in [0.3, 0.4) is 0 Å². The molecule has 0 saturated heterocycles. The summed E-state index contributed by atoms with van der Waals surface area (Å²) in [4.78, 5) is 5.75. The fourth-order valence-electron chi connectivity index (χ4n) is 1.94. The molecule has 1 aromatic heterocycles. The number of nitrogens with one attached hydrogen (secondary N) is 3. The maximum atomic E-state index is 10.0. The Kier molecular flexibility index (Phi) is 4.30. The molecule has 0 amide bonds. The van der Waals surface area contributed by atoms with E-state index in [2.05, 4.69) is 48.2 Å². The smallest absolute Gasteiger partial charge is 0.174 e. The van der Waals surface area contributed by atoms with Gasteiger partial charge in [0.05, 0.1) is 5.69 Å². The Hall–Kier alpha value is -1.59.